The Kier molecular flexibility index (Phi) is 1.92. The molecule has 0 saturated carbocycles. The zero-order valence-electron chi connectivity index (χ0n) is 7.52. The molecule has 11 heavy (non-hydrogen) atoms. The lowest BCUT2D eigenvalue weighted by Crippen LogP contribution is -2.37. The van der Waals surface area contributed by atoms with E-state index in [4.69, 9.17) is 11.4 Å². The van der Waals surface area contributed by atoms with Crippen molar-refractivity contribution in [3.05, 3.63) is 12.3 Å². The van der Waals surface area contributed by atoms with Crippen LogP contribution in [0.1, 0.15) is 21.2 Å². The fourth-order valence-electron chi connectivity index (χ4n) is 0.883. The summed E-state index contributed by atoms with van der Waals surface area (Å²) >= 11 is 0. The highest BCUT2D eigenvalue weighted by Gasteiger charge is 2.17. The first-order valence-electron chi connectivity index (χ1n) is 3.83. The van der Waals surface area contributed by atoms with E-state index in [9.17, 15) is 0 Å². The summed E-state index contributed by atoms with van der Waals surface area (Å²) in [4.78, 5) is 0. The van der Waals surface area contributed by atoms with Crippen molar-refractivity contribution in [2.45, 2.75) is 19.9 Å². The molecule has 0 saturated heterocycles. The summed E-state index contributed by atoms with van der Waals surface area (Å²) in [6, 6.07) is 0.503. The molecule has 2 N–H and O–H groups in total. The number of hydrogen-bond donors (Lipinski definition) is 2. The Morgan fingerprint density at radius 1 is 1.73 bits per heavy atom. The predicted octanol–water partition coefficient (Wildman–Crippen LogP) is -0.856. The lowest BCUT2D eigenvalue weighted by molar-refractivity contribution is 0.416. The van der Waals surface area contributed by atoms with Crippen LogP contribution in [-0.4, -0.2) is 26.9 Å². The molecule has 0 amide bonds. The summed E-state index contributed by atoms with van der Waals surface area (Å²) in [6.07, 6.45) is 1.44. The van der Waals surface area contributed by atoms with E-state index < -0.39 is 13.1 Å². The summed E-state index contributed by atoms with van der Waals surface area (Å²) in [5.41, 5.74) is 0.231. The van der Waals surface area contributed by atoms with E-state index in [0.29, 0.717) is 0 Å². The molecule has 0 radical (unpaired) electrons. The first-order chi connectivity index (χ1) is 5.43. The predicted molar refractivity (Wildman–Crippen MR) is 42.4 cm³/mol. The van der Waals surface area contributed by atoms with Crippen molar-refractivity contribution >= 4 is 12.7 Å². The third kappa shape index (κ3) is 1.61. The lowest BCUT2D eigenvalue weighted by Gasteiger charge is -2.09. The largest absolute Gasteiger partial charge is 0.507 e. The number of nitrogens with zero attached hydrogens (tertiary/aromatic N) is 2. The molecule has 0 fully saturated rings. The lowest BCUT2D eigenvalue weighted by atomic mass is 9.86. The van der Waals surface area contributed by atoms with Crippen LogP contribution in [0.4, 0.5) is 0 Å². The van der Waals surface area contributed by atoms with E-state index in [-0.39, 0.29) is 5.59 Å². The monoisotopic (exact) mass is 155 g/mol. The van der Waals surface area contributed by atoms with Gasteiger partial charge in [-0.05, 0) is 19.9 Å². The SMILES string of the molecule is [2H]C(C)(C)n1nccc1B(O)O. The fraction of sp³-hybridized carbons (Fsp3) is 0.500. The summed E-state index contributed by atoms with van der Waals surface area (Å²) in [5, 5.41) is 21.6. The molecule has 0 unspecified atom stereocenters. The van der Waals surface area contributed by atoms with Crippen molar-refractivity contribution < 1.29 is 11.4 Å². The van der Waals surface area contributed by atoms with Gasteiger partial charge in [-0.15, -0.1) is 0 Å². The molecule has 0 aliphatic carbocycles. The fourth-order valence-corrected chi connectivity index (χ4v) is 0.883. The van der Waals surface area contributed by atoms with Crippen LogP contribution in [0.15, 0.2) is 12.3 Å². The van der Waals surface area contributed by atoms with Crippen molar-refractivity contribution in [2.24, 2.45) is 0 Å². The Labute approximate surface area is 67.0 Å². The molecule has 1 aromatic rings. The van der Waals surface area contributed by atoms with Crippen molar-refractivity contribution in [3.63, 3.8) is 0 Å². The molecule has 1 aromatic heterocycles. The van der Waals surface area contributed by atoms with Gasteiger partial charge >= 0.3 is 7.12 Å². The van der Waals surface area contributed by atoms with Gasteiger partial charge in [0.2, 0.25) is 0 Å². The maximum atomic E-state index is 8.87. The van der Waals surface area contributed by atoms with Crippen LogP contribution in [0.5, 0.6) is 0 Å². The van der Waals surface area contributed by atoms with E-state index >= 15 is 0 Å². The highest BCUT2D eigenvalue weighted by Crippen LogP contribution is 1.98. The van der Waals surface area contributed by atoms with Gasteiger partial charge in [0.1, 0.15) is 0 Å². The van der Waals surface area contributed by atoms with Crippen LogP contribution in [0, 0.1) is 0 Å². The quantitative estimate of drug-likeness (QED) is 0.546. The molecule has 1 rings (SSSR count). The second-order valence-electron chi connectivity index (χ2n) is 2.49. The number of hydrogen-bond acceptors (Lipinski definition) is 3. The smallest absolute Gasteiger partial charge is 0.422 e. The van der Waals surface area contributed by atoms with Gasteiger partial charge in [-0.2, -0.15) is 5.10 Å². The minimum atomic E-state index is -1.57. The topological polar surface area (TPSA) is 58.3 Å². The zero-order valence-corrected chi connectivity index (χ0v) is 6.52. The Hall–Kier alpha value is -0.805. The molecule has 60 valence electrons. The molecular formula is C6H11BN2O2. The first-order valence-corrected chi connectivity index (χ1v) is 3.33. The van der Waals surface area contributed by atoms with Gasteiger partial charge in [-0.25, -0.2) is 0 Å². The first kappa shape index (κ1) is 6.88. The third-order valence-corrected chi connectivity index (χ3v) is 1.36. The van der Waals surface area contributed by atoms with E-state index in [1.807, 2.05) is 0 Å². The Bertz CT molecular complexity index is 269. The third-order valence-electron chi connectivity index (χ3n) is 1.36. The minimum Gasteiger partial charge on any atom is -0.422 e. The van der Waals surface area contributed by atoms with Gasteiger partial charge in [0.05, 0.1) is 6.96 Å². The Morgan fingerprint density at radius 2 is 2.36 bits per heavy atom. The second kappa shape index (κ2) is 3.06. The van der Waals surface area contributed by atoms with Crippen molar-refractivity contribution in [2.75, 3.05) is 0 Å². The summed E-state index contributed by atoms with van der Waals surface area (Å²) in [5.74, 6) is 0. The second-order valence-corrected chi connectivity index (χ2v) is 2.49. The number of rotatable bonds is 2. The van der Waals surface area contributed by atoms with Gasteiger partial charge < -0.3 is 10.0 Å². The molecule has 4 nitrogen and oxygen atoms in total. The van der Waals surface area contributed by atoms with Crippen LogP contribution in [0.3, 0.4) is 0 Å². The molecule has 0 aliphatic heterocycles. The highest BCUT2D eigenvalue weighted by atomic mass is 16.4. The van der Waals surface area contributed by atoms with Gasteiger partial charge in [0.25, 0.3) is 0 Å². The maximum Gasteiger partial charge on any atom is 0.507 e. The van der Waals surface area contributed by atoms with Crippen LogP contribution < -0.4 is 5.59 Å². The van der Waals surface area contributed by atoms with Gasteiger partial charge in [-0.1, -0.05) is 0 Å². The van der Waals surface area contributed by atoms with E-state index in [0.717, 1.165) is 0 Å². The molecular weight excluding hydrogens is 143 g/mol. The molecule has 5 heteroatoms. The van der Waals surface area contributed by atoms with Crippen molar-refractivity contribution in [1.29, 1.82) is 0 Å². The highest BCUT2D eigenvalue weighted by molar-refractivity contribution is 6.57. The van der Waals surface area contributed by atoms with E-state index in [1.165, 1.54) is 16.9 Å². The van der Waals surface area contributed by atoms with E-state index in [1.54, 1.807) is 13.8 Å². The minimum absolute atomic E-state index is 0.231. The molecule has 1 heterocycles. The molecule has 0 aromatic carbocycles. The van der Waals surface area contributed by atoms with Gasteiger partial charge in [0, 0.05) is 12.2 Å². The van der Waals surface area contributed by atoms with Crippen molar-refractivity contribution in [3.8, 4) is 0 Å². The van der Waals surface area contributed by atoms with E-state index in [2.05, 4.69) is 5.10 Å². The van der Waals surface area contributed by atoms with Gasteiger partial charge in [0.15, 0.2) is 0 Å². The Morgan fingerprint density at radius 3 is 2.73 bits per heavy atom. The van der Waals surface area contributed by atoms with Crippen LogP contribution >= 0.6 is 0 Å². The maximum absolute atomic E-state index is 8.87. The average Bonchev–Trinajstić information content (AvgIpc) is 2.30. The zero-order chi connectivity index (χ0) is 9.35. The van der Waals surface area contributed by atoms with Crippen LogP contribution in [0.25, 0.3) is 0 Å². The molecule has 0 aliphatic rings. The summed E-state index contributed by atoms with van der Waals surface area (Å²) in [6.45, 7) is 3.23. The molecule has 0 bridgehead atoms. The molecule has 0 atom stereocenters. The van der Waals surface area contributed by atoms with Crippen LogP contribution in [-0.2, 0) is 0 Å². The average molecular weight is 155 g/mol. The molecule has 0 spiro atoms. The standard InChI is InChI=1S/C6H11BN2O2/c1-5(2)9-6(7(10)11)3-4-8-9/h3-5,10-11H,1-2H3/i5D. The number of aromatic nitrogens is 2. The van der Waals surface area contributed by atoms with Crippen LogP contribution in [0.2, 0.25) is 0 Å². The summed E-state index contributed by atoms with van der Waals surface area (Å²) in [7, 11) is -1.57. The summed E-state index contributed by atoms with van der Waals surface area (Å²) < 4.78 is 8.86. The normalized spacial score (nSPS) is 12.9. The van der Waals surface area contributed by atoms with Gasteiger partial charge in [-0.3, -0.25) is 4.68 Å². The Balaban J connectivity index is 3.08. The van der Waals surface area contributed by atoms with Crippen molar-refractivity contribution in [1.82, 2.24) is 9.78 Å².